The first kappa shape index (κ1) is 12.0. The van der Waals surface area contributed by atoms with Crippen LogP contribution in [0.3, 0.4) is 0 Å². The molecule has 0 radical (unpaired) electrons. The SMILES string of the molecule is COc1ccc(-c2ccc(C(=O)O)nc2)cc1F. The van der Waals surface area contributed by atoms with Crippen LogP contribution in [0, 0.1) is 5.82 Å². The van der Waals surface area contributed by atoms with Gasteiger partial charge in [-0.15, -0.1) is 0 Å². The lowest BCUT2D eigenvalue weighted by Gasteiger charge is -2.05. The number of halogens is 1. The molecule has 0 aliphatic carbocycles. The van der Waals surface area contributed by atoms with Gasteiger partial charge in [0.05, 0.1) is 7.11 Å². The Hall–Kier alpha value is -2.43. The fourth-order valence-corrected chi connectivity index (χ4v) is 1.54. The van der Waals surface area contributed by atoms with Gasteiger partial charge in [0, 0.05) is 11.8 Å². The molecule has 2 aromatic rings. The van der Waals surface area contributed by atoms with Gasteiger partial charge in [0.25, 0.3) is 0 Å². The fraction of sp³-hybridized carbons (Fsp3) is 0.0769. The van der Waals surface area contributed by atoms with Crippen molar-refractivity contribution >= 4 is 5.97 Å². The number of hydrogen-bond acceptors (Lipinski definition) is 3. The molecule has 0 aliphatic rings. The molecule has 0 spiro atoms. The van der Waals surface area contributed by atoms with Crippen LogP contribution < -0.4 is 4.74 Å². The lowest BCUT2D eigenvalue weighted by molar-refractivity contribution is 0.0690. The van der Waals surface area contributed by atoms with Gasteiger partial charge in [-0.3, -0.25) is 0 Å². The second kappa shape index (κ2) is 4.83. The highest BCUT2D eigenvalue weighted by molar-refractivity contribution is 5.85. The predicted octanol–water partition coefficient (Wildman–Crippen LogP) is 2.59. The fourth-order valence-electron chi connectivity index (χ4n) is 1.54. The maximum absolute atomic E-state index is 13.5. The Morgan fingerprint density at radius 2 is 2.00 bits per heavy atom. The molecule has 0 aliphatic heterocycles. The third kappa shape index (κ3) is 2.29. The van der Waals surface area contributed by atoms with Crippen molar-refractivity contribution in [2.45, 2.75) is 0 Å². The van der Waals surface area contributed by atoms with E-state index in [1.54, 1.807) is 12.1 Å². The Labute approximate surface area is 103 Å². The topological polar surface area (TPSA) is 59.4 Å². The second-order valence-corrected chi connectivity index (χ2v) is 3.59. The number of rotatable bonds is 3. The van der Waals surface area contributed by atoms with Gasteiger partial charge in [0.15, 0.2) is 11.6 Å². The molecule has 0 atom stereocenters. The van der Waals surface area contributed by atoms with Crippen molar-refractivity contribution in [1.82, 2.24) is 4.98 Å². The van der Waals surface area contributed by atoms with Gasteiger partial charge in [0.2, 0.25) is 0 Å². The third-order valence-corrected chi connectivity index (χ3v) is 2.47. The van der Waals surface area contributed by atoms with Crippen LogP contribution in [0.4, 0.5) is 4.39 Å². The zero-order valence-electron chi connectivity index (χ0n) is 9.55. The molecule has 4 nitrogen and oxygen atoms in total. The van der Waals surface area contributed by atoms with Crippen LogP contribution in [-0.2, 0) is 0 Å². The molecule has 0 fully saturated rings. The normalized spacial score (nSPS) is 10.1. The summed E-state index contributed by atoms with van der Waals surface area (Å²) >= 11 is 0. The first-order valence-electron chi connectivity index (χ1n) is 5.15. The van der Waals surface area contributed by atoms with Gasteiger partial charge in [-0.25, -0.2) is 14.2 Å². The molecule has 1 aromatic heterocycles. The molecule has 1 aromatic carbocycles. The Morgan fingerprint density at radius 1 is 1.28 bits per heavy atom. The van der Waals surface area contributed by atoms with Crippen molar-refractivity contribution in [2.24, 2.45) is 0 Å². The number of aromatic carboxylic acids is 1. The van der Waals surface area contributed by atoms with E-state index >= 15 is 0 Å². The zero-order chi connectivity index (χ0) is 13.1. The third-order valence-electron chi connectivity index (χ3n) is 2.47. The molecule has 0 saturated carbocycles. The van der Waals surface area contributed by atoms with Crippen LogP contribution in [0.5, 0.6) is 5.75 Å². The van der Waals surface area contributed by atoms with Crippen molar-refractivity contribution in [3.8, 4) is 16.9 Å². The molecule has 18 heavy (non-hydrogen) atoms. The van der Waals surface area contributed by atoms with E-state index in [9.17, 15) is 9.18 Å². The maximum atomic E-state index is 13.5. The predicted molar refractivity (Wildman–Crippen MR) is 63.1 cm³/mol. The number of hydrogen-bond donors (Lipinski definition) is 1. The van der Waals surface area contributed by atoms with Crippen LogP contribution in [0.25, 0.3) is 11.1 Å². The van der Waals surface area contributed by atoms with Crippen LogP contribution in [0.1, 0.15) is 10.5 Å². The Kier molecular flexibility index (Phi) is 3.23. The number of benzene rings is 1. The number of aromatic nitrogens is 1. The highest BCUT2D eigenvalue weighted by Crippen LogP contribution is 2.24. The van der Waals surface area contributed by atoms with Crippen LogP contribution in [0.15, 0.2) is 36.5 Å². The Balaban J connectivity index is 2.36. The van der Waals surface area contributed by atoms with Gasteiger partial charge in [0.1, 0.15) is 5.69 Å². The molecular formula is C13H10FNO3. The minimum atomic E-state index is -1.09. The quantitative estimate of drug-likeness (QED) is 0.905. The number of carboxylic acid groups (broad SMARTS) is 1. The monoisotopic (exact) mass is 247 g/mol. The highest BCUT2D eigenvalue weighted by Gasteiger charge is 2.07. The van der Waals surface area contributed by atoms with E-state index in [4.69, 9.17) is 9.84 Å². The number of methoxy groups -OCH3 is 1. The van der Waals surface area contributed by atoms with E-state index in [1.165, 1.54) is 31.5 Å². The standard InChI is InChI=1S/C13H10FNO3/c1-18-12-5-3-8(6-10(12)14)9-2-4-11(13(16)17)15-7-9/h2-7H,1H3,(H,16,17). The average Bonchev–Trinajstić information content (AvgIpc) is 2.38. The van der Waals surface area contributed by atoms with Gasteiger partial charge in [-0.2, -0.15) is 0 Å². The van der Waals surface area contributed by atoms with Gasteiger partial charge >= 0.3 is 5.97 Å². The molecule has 1 N–H and O–H groups in total. The Morgan fingerprint density at radius 3 is 2.50 bits per heavy atom. The number of carboxylic acids is 1. The summed E-state index contributed by atoms with van der Waals surface area (Å²) in [5, 5.41) is 8.72. The van der Waals surface area contributed by atoms with Crippen molar-refractivity contribution in [3.05, 3.63) is 48.0 Å². The summed E-state index contributed by atoms with van der Waals surface area (Å²) in [4.78, 5) is 14.4. The molecule has 0 bridgehead atoms. The van der Waals surface area contributed by atoms with E-state index in [2.05, 4.69) is 4.98 Å². The largest absolute Gasteiger partial charge is 0.494 e. The molecule has 0 unspecified atom stereocenters. The maximum Gasteiger partial charge on any atom is 0.354 e. The van der Waals surface area contributed by atoms with Crippen molar-refractivity contribution in [2.75, 3.05) is 7.11 Å². The smallest absolute Gasteiger partial charge is 0.354 e. The van der Waals surface area contributed by atoms with Gasteiger partial charge < -0.3 is 9.84 Å². The molecule has 92 valence electrons. The lowest BCUT2D eigenvalue weighted by atomic mass is 10.1. The van der Waals surface area contributed by atoms with E-state index in [1.807, 2.05) is 0 Å². The summed E-state index contributed by atoms with van der Waals surface area (Å²) in [5.41, 5.74) is 1.20. The zero-order valence-corrected chi connectivity index (χ0v) is 9.55. The van der Waals surface area contributed by atoms with Crippen molar-refractivity contribution in [3.63, 3.8) is 0 Å². The van der Waals surface area contributed by atoms with Crippen LogP contribution in [0.2, 0.25) is 0 Å². The lowest BCUT2D eigenvalue weighted by Crippen LogP contribution is -1.99. The summed E-state index contributed by atoms with van der Waals surface area (Å²) in [5.74, 6) is -1.41. The van der Waals surface area contributed by atoms with Crippen molar-refractivity contribution < 1.29 is 19.0 Å². The summed E-state index contributed by atoms with van der Waals surface area (Å²) in [6, 6.07) is 7.46. The van der Waals surface area contributed by atoms with Gasteiger partial charge in [-0.05, 0) is 23.8 Å². The second-order valence-electron chi connectivity index (χ2n) is 3.59. The highest BCUT2D eigenvalue weighted by atomic mass is 19.1. The molecule has 2 rings (SSSR count). The summed E-state index contributed by atoms with van der Waals surface area (Å²) in [6.07, 6.45) is 1.39. The van der Waals surface area contributed by atoms with Crippen molar-refractivity contribution in [1.29, 1.82) is 0 Å². The van der Waals surface area contributed by atoms with E-state index < -0.39 is 11.8 Å². The number of carbonyl (C=O) groups is 1. The summed E-state index contributed by atoms with van der Waals surface area (Å²) < 4.78 is 18.3. The first-order chi connectivity index (χ1) is 8.61. The number of nitrogens with zero attached hydrogens (tertiary/aromatic N) is 1. The van der Waals surface area contributed by atoms with Crippen LogP contribution in [-0.4, -0.2) is 23.2 Å². The number of pyridine rings is 1. The van der Waals surface area contributed by atoms with Crippen LogP contribution >= 0.6 is 0 Å². The molecule has 0 amide bonds. The van der Waals surface area contributed by atoms with E-state index in [0.29, 0.717) is 11.1 Å². The summed E-state index contributed by atoms with van der Waals surface area (Å²) in [7, 11) is 1.39. The number of ether oxygens (including phenoxy) is 1. The van der Waals surface area contributed by atoms with E-state index in [-0.39, 0.29) is 11.4 Å². The van der Waals surface area contributed by atoms with E-state index in [0.717, 1.165) is 0 Å². The minimum absolute atomic E-state index is 0.0484. The molecular weight excluding hydrogens is 237 g/mol. The first-order valence-corrected chi connectivity index (χ1v) is 5.15. The minimum Gasteiger partial charge on any atom is -0.494 e. The summed E-state index contributed by atoms with van der Waals surface area (Å²) in [6.45, 7) is 0. The van der Waals surface area contributed by atoms with Gasteiger partial charge in [-0.1, -0.05) is 12.1 Å². The Bertz CT molecular complexity index is 581. The molecule has 1 heterocycles. The average molecular weight is 247 g/mol. The molecule has 0 saturated heterocycles. The molecule has 5 heteroatoms.